The molecule has 2 atom stereocenters. The largest absolute Gasteiger partial charge is 0.472 e. The van der Waals surface area contributed by atoms with Crippen LogP contribution in [0, 0.1) is 15.5 Å². The number of esters is 1. The van der Waals surface area contributed by atoms with Gasteiger partial charge in [0.25, 0.3) is 5.69 Å². The summed E-state index contributed by atoms with van der Waals surface area (Å²) in [5, 5.41) is 14.4. The van der Waals surface area contributed by atoms with Gasteiger partial charge in [0.2, 0.25) is 0 Å². The van der Waals surface area contributed by atoms with Gasteiger partial charge in [-0.25, -0.2) is 9.59 Å². The van der Waals surface area contributed by atoms with E-state index in [0.29, 0.717) is 17.6 Å². The first-order valence-corrected chi connectivity index (χ1v) is 9.36. The fourth-order valence-electron chi connectivity index (χ4n) is 4.08. The summed E-state index contributed by atoms with van der Waals surface area (Å²) in [5.41, 5.74) is 1.47. The van der Waals surface area contributed by atoms with Gasteiger partial charge in [0.05, 0.1) is 34.8 Å². The molecule has 1 aromatic carbocycles. The van der Waals surface area contributed by atoms with Gasteiger partial charge in [-0.05, 0) is 43.0 Å². The molecule has 1 aromatic heterocycles. The van der Waals surface area contributed by atoms with Crippen LogP contribution in [0.2, 0.25) is 0 Å². The third-order valence-electron chi connectivity index (χ3n) is 5.55. The number of carbonyl (C=O) groups is 2. The van der Waals surface area contributed by atoms with Crippen LogP contribution in [0.3, 0.4) is 0 Å². The number of oxime groups is 1. The van der Waals surface area contributed by atoms with Crippen molar-refractivity contribution in [1.29, 1.82) is 0 Å². The molecule has 0 N–H and O–H groups in total. The molecule has 0 radical (unpaired) electrons. The maximum Gasteiger partial charge on any atom is 0.365 e. The van der Waals surface area contributed by atoms with Gasteiger partial charge in [0.15, 0.2) is 0 Å². The molecule has 9 heteroatoms. The summed E-state index contributed by atoms with van der Waals surface area (Å²) in [6.07, 6.45) is 6.24. The Balaban J connectivity index is 1.53. The zero-order valence-electron chi connectivity index (χ0n) is 16.1. The number of cyclic esters (lactones) is 1. The first kappa shape index (κ1) is 19.6. The van der Waals surface area contributed by atoms with Crippen molar-refractivity contribution in [2.45, 2.75) is 32.3 Å². The Bertz CT molecular complexity index is 1050. The number of nitro groups is 1. The van der Waals surface area contributed by atoms with Crippen LogP contribution in [0.5, 0.6) is 0 Å². The number of ether oxygens (including phenoxy) is 1. The van der Waals surface area contributed by atoms with Gasteiger partial charge in [0.1, 0.15) is 6.10 Å². The molecule has 30 heavy (non-hydrogen) atoms. The van der Waals surface area contributed by atoms with Crippen molar-refractivity contribution >= 4 is 23.8 Å². The number of fused-ring (bicyclic) bond motifs is 1. The van der Waals surface area contributed by atoms with Gasteiger partial charge in [-0.1, -0.05) is 12.1 Å². The van der Waals surface area contributed by atoms with Crippen molar-refractivity contribution in [1.82, 2.24) is 0 Å². The number of non-ortho nitro benzene ring substituents is 1. The molecule has 1 fully saturated rings. The Morgan fingerprint density at radius 2 is 2.10 bits per heavy atom. The molecule has 2 heterocycles. The van der Waals surface area contributed by atoms with E-state index < -0.39 is 28.4 Å². The number of furan rings is 1. The third kappa shape index (κ3) is 3.38. The number of benzene rings is 1. The van der Waals surface area contributed by atoms with Gasteiger partial charge in [-0.3, -0.25) is 10.1 Å². The first-order valence-electron chi connectivity index (χ1n) is 9.36. The summed E-state index contributed by atoms with van der Waals surface area (Å²) in [6.45, 7) is 1.97. The second-order valence-electron chi connectivity index (χ2n) is 7.43. The number of nitrogens with zero attached hydrogens (tertiary/aromatic N) is 2. The Morgan fingerprint density at radius 3 is 2.77 bits per heavy atom. The molecule has 9 nitrogen and oxygen atoms in total. The zero-order valence-corrected chi connectivity index (χ0v) is 16.1. The molecule has 2 aliphatic rings. The Kier molecular flexibility index (Phi) is 4.94. The van der Waals surface area contributed by atoms with E-state index in [0.717, 1.165) is 18.4 Å². The van der Waals surface area contributed by atoms with Gasteiger partial charge >= 0.3 is 11.9 Å². The fourth-order valence-corrected chi connectivity index (χ4v) is 4.08. The van der Waals surface area contributed by atoms with Gasteiger partial charge in [-0.15, -0.1) is 0 Å². The highest BCUT2D eigenvalue weighted by Crippen LogP contribution is 2.55. The number of nitro benzene ring substituents is 1. The lowest BCUT2D eigenvalue weighted by molar-refractivity contribution is -0.384. The van der Waals surface area contributed by atoms with Crippen LogP contribution in [0.4, 0.5) is 5.69 Å². The molecule has 0 amide bonds. The van der Waals surface area contributed by atoms with Crippen LogP contribution in [0.1, 0.15) is 48.2 Å². The maximum atomic E-state index is 12.6. The van der Waals surface area contributed by atoms with Crippen molar-refractivity contribution in [3.05, 3.63) is 75.2 Å². The maximum absolute atomic E-state index is 12.6. The number of hydrogen-bond donors (Lipinski definition) is 0. The van der Waals surface area contributed by atoms with Crippen molar-refractivity contribution in [2.24, 2.45) is 10.6 Å². The fraction of sp³-hybridized carbons (Fsp3) is 0.286. The van der Waals surface area contributed by atoms with E-state index >= 15 is 0 Å². The van der Waals surface area contributed by atoms with E-state index in [1.165, 1.54) is 36.7 Å². The average molecular weight is 410 g/mol. The number of hydrogen-bond acceptors (Lipinski definition) is 8. The SMILES string of the molecule is C[C@@]12CCCC(/C=N/OC(=O)c3ccc([N+](=O)[O-])cc3)=C1C(=O)O[C@H]2c1ccoc1. The van der Waals surface area contributed by atoms with E-state index in [4.69, 9.17) is 14.0 Å². The lowest BCUT2D eigenvalue weighted by atomic mass is 9.68. The van der Waals surface area contributed by atoms with Crippen LogP contribution >= 0.6 is 0 Å². The number of rotatable bonds is 5. The molecular formula is C21H18N2O7. The Labute approximate surface area is 171 Å². The minimum Gasteiger partial charge on any atom is -0.472 e. The average Bonchev–Trinajstić information content (AvgIpc) is 3.34. The summed E-state index contributed by atoms with van der Waals surface area (Å²) in [4.78, 5) is 39.7. The van der Waals surface area contributed by atoms with Crippen LogP contribution < -0.4 is 0 Å². The quantitative estimate of drug-likeness (QED) is 0.239. The van der Waals surface area contributed by atoms with Crippen molar-refractivity contribution in [2.75, 3.05) is 0 Å². The standard InChI is InChI=1S/C21H18N2O7/c1-21-9-2-3-14(17(21)20(25)29-18(21)15-8-10-28-12-15)11-22-30-19(24)13-4-6-16(7-5-13)23(26)27/h4-8,10-12,18H,2-3,9H2,1H3/b22-11+/t18-,21+/m0/s1. The summed E-state index contributed by atoms with van der Waals surface area (Å²) >= 11 is 0. The lowest BCUT2D eigenvalue weighted by Crippen LogP contribution is -2.27. The molecule has 154 valence electrons. The van der Waals surface area contributed by atoms with Crippen LogP contribution in [-0.2, 0) is 14.4 Å². The molecule has 0 spiro atoms. The van der Waals surface area contributed by atoms with E-state index in [-0.39, 0.29) is 11.3 Å². The summed E-state index contributed by atoms with van der Waals surface area (Å²) in [5.74, 6) is -1.16. The molecule has 1 aliphatic carbocycles. The summed E-state index contributed by atoms with van der Waals surface area (Å²) < 4.78 is 10.8. The smallest absolute Gasteiger partial charge is 0.365 e. The van der Waals surface area contributed by atoms with Crippen LogP contribution in [0.15, 0.2) is 63.6 Å². The van der Waals surface area contributed by atoms with Crippen molar-refractivity contribution in [3.8, 4) is 0 Å². The third-order valence-corrected chi connectivity index (χ3v) is 5.55. The molecule has 1 aliphatic heterocycles. The molecular weight excluding hydrogens is 392 g/mol. The Morgan fingerprint density at radius 1 is 1.33 bits per heavy atom. The predicted molar refractivity (Wildman–Crippen MR) is 104 cm³/mol. The predicted octanol–water partition coefficient (Wildman–Crippen LogP) is 4.12. The summed E-state index contributed by atoms with van der Waals surface area (Å²) in [6, 6.07) is 6.78. The zero-order chi connectivity index (χ0) is 21.3. The highest BCUT2D eigenvalue weighted by Gasteiger charge is 2.53. The second kappa shape index (κ2) is 7.58. The van der Waals surface area contributed by atoms with E-state index in [9.17, 15) is 19.7 Å². The van der Waals surface area contributed by atoms with E-state index in [2.05, 4.69) is 5.16 Å². The normalized spacial score (nSPS) is 23.4. The number of allylic oxidation sites excluding steroid dienone is 1. The van der Waals surface area contributed by atoms with Crippen LogP contribution in [0.25, 0.3) is 0 Å². The van der Waals surface area contributed by atoms with Gasteiger partial charge in [0, 0.05) is 23.1 Å². The molecule has 0 saturated carbocycles. The molecule has 0 unspecified atom stereocenters. The molecule has 2 aromatic rings. The van der Waals surface area contributed by atoms with Gasteiger partial charge in [-0.2, -0.15) is 0 Å². The highest BCUT2D eigenvalue weighted by molar-refractivity contribution is 6.00. The van der Waals surface area contributed by atoms with Gasteiger partial charge < -0.3 is 14.0 Å². The summed E-state index contributed by atoms with van der Waals surface area (Å²) in [7, 11) is 0. The topological polar surface area (TPSA) is 121 Å². The second-order valence-corrected chi connectivity index (χ2v) is 7.43. The van der Waals surface area contributed by atoms with E-state index in [1.807, 2.05) is 6.92 Å². The highest BCUT2D eigenvalue weighted by atomic mass is 16.7. The molecule has 0 bridgehead atoms. The minimum absolute atomic E-state index is 0.129. The first-order chi connectivity index (χ1) is 14.4. The van der Waals surface area contributed by atoms with Crippen molar-refractivity contribution in [3.63, 3.8) is 0 Å². The van der Waals surface area contributed by atoms with E-state index in [1.54, 1.807) is 12.3 Å². The molecule has 1 saturated heterocycles. The monoisotopic (exact) mass is 410 g/mol. The lowest BCUT2D eigenvalue weighted by Gasteiger charge is -2.32. The van der Waals surface area contributed by atoms with Crippen molar-refractivity contribution < 1.29 is 28.5 Å². The van der Waals surface area contributed by atoms with Crippen LogP contribution in [-0.4, -0.2) is 23.1 Å². The minimum atomic E-state index is -0.754. The molecule has 4 rings (SSSR count). The number of carbonyl (C=O) groups excluding carboxylic acids is 2. The Hall–Kier alpha value is -3.75.